The molecule has 20 heavy (non-hydrogen) atoms. The molecular formula is C15H19NO3S. The summed E-state index contributed by atoms with van der Waals surface area (Å²) in [5.41, 5.74) is 0. The van der Waals surface area contributed by atoms with Crippen LogP contribution in [0, 0.1) is 0 Å². The van der Waals surface area contributed by atoms with E-state index in [-0.39, 0.29) is 12.0 Å². The van der Waals surface area contributed by atoms with Crippen LogP contribution in [0.1, 0.15) is 35.8 Å². The van der Waals surface area contributed by atoms with Crippen molar-refractivity contribution in [2.24, 2.45) is 0 Å². The molecule has 2 rings (SSSR count). The van der Waals surface area contributed by atoms with E-state index < -0.39 is 0 Å². The second-order valence-electron chi connectivity index (χ2n) is 4.45. The molecule has 2 aromatic heterocycles. The average Bonchev–Trinajstić information content (AvgIpc) is 3.13. The largest absolute Gasteiger partial charge is 0.469 e. The molecule has 5 heteroatoms. The smallest absolute Gasteiger partial charge is 0.307 e. The number of hydrogen-bond donors (Lipinski definition) is 1. The first-order chi connectivity index (χ1) is 9.72. The molecule has 0 radical (unpaired) electrons. The summed E-state index contributed by atoms with van der Waals surface area (Å²) in [5.74, 6) is 1.64. The molecule has 0 aliphatic carbocycles. The molecule has 1 N–H and O–H groups in total. The standard InChI is InChI=1S/C15H19NO3S/c1-3-11-6-7-12(19-11)10-16-13(9-15(17)18-2)14-5-4-8-20-14/h4-8,13,16H,3,9-10H2,1-2H3. The first kappa shape index (κ1) is 14.8. The summed E-state index contributed by atoms with van der Waals surface area (Å²) >= 11 is 1.63. The van der Waals surface area contributed by atoms with Crippen LogP contribution in [-0.2, 0) is 22.5 Å². The summed E-state index contributed by atoms with van der Waals surface area (Å²) in [6.45, 7) is 2.65. The van der Waals surface area contributed by atoms with E-state index in [1.54, 1.807) is 11.3 Å². The Bertz CT molecular complexity index is 533. The fourth-order valence-electron chi connectivity index (χ4n) is 1.94. The number of ether oxygens (including phenoxy) is 1. The minimum atomic E-state index is -0.218. The van der Waals surface area contributed by atoms with Gasteiger partial charge in [-0.15, -0.1) is 11.3 Å². The van der Waals surface area contributed by atoms with E-state index in [0.717, 1.165) is 22.8 Å². The quantitative estimate of drug-likeness (QED) is 0.796. The molecule has 2 heterocycles. The fourth-order valence-corrected chi connectivity index (χ4v) is 2.75. The van der Waals surface area contributed by atoms with E-state index in [1.807, 2.05) is 29.6 Å². The molecule has 0 fully saturated rings. The number of nitrogens with one attached hydrogen (secondary N) is 1. The Hall–Kier alpha value is -1.59. The van der Waals surface area contributed by atoms with Crippen molar-refractivity contribution in [3.63, 3.8) is 0 Å². The Morgan fingerprint density at radius 3 is 2.80 bits per heavy atom. The maximum atomic E-state index is 11.5. The van der Waals surface area contributed by atoms with Gasteiger partial charge in [0.15, 0.2) is 0 Å². The Morgan fingerprint density at radius 2 is 2.20 bits per heavy atom. The van der Waals surface area contributed by atoms with E-state index in [1.165, 1.54) is 7.11 Å². The lowest BCUT2D eigenvalue weighted by Crippen LogP contribution is -2.23. The fraction of sp³-hybridized carbons (Fsp3) is 0.400. The molecule has 0 saturated carbocycles. The lowest BCUT2D eigenvalue weighted by molar-refractivity contribution is -0.141. The molecule has 2 aromatic rings. The van der Waals surface area contributed by atoms with Crippen LogP contribution in [0.2, 0.25) is 0 Å². The molecule has 0 saturated heterocycles. The minimum absolute atomic E-state index is 0.0439. The third kappa shape index (κ3) is 3.95. The van der Waals surface area contributed by atoms with Gasteiger partial charge < -0.3 is 14.5 Å². The van der Waals surface area contributed by atoms with Gasteiger partial charge >= 0.3 is 5.97 Å². The summed E-state index contributed by atoms with van der Waals surface area (Å²) in [5, 5.41) is 5.36. The predicted octanol–water partition coefficient (Wildman–Crippen LogP) is 3.30. The van der Waals surface area contributed by atoms with Gasteiger partial charge in [-0.2, -0.15) is 0 Å². The van der Waals surface area contributed by atoms with E-state index in [2.05, 4.69) is 12.2 Å². The Morgan fingerprint density at radius 1 is 1.40 bits per heavy atom. The first-order valence-corrected chi connectivity index (χ1v) is 7.52. The Labute approximate surface area is 122 Å². The third-order valence-electron chi connectivity index (χ3n) is 3.07. The molecule has 0 spiro atoms. The van der Waals surface area contributed by atoms with Crippen molar-refractivity contribution in [2.75, 3.05) is 7.11 Å². The summed E-state index contributed by atoms with van der Waals surface area (Å²) < 4.78 is 10.4. The topological polar surface area (TPSA) is 51.5 Å². The van der Waals surface area contributed by atoms with Crippen LogP contribution >= 0.6 is 11.3 Å². The molecular weight excluding hydrogens is 274 g/mol. The van der Waals surface area contributed by atoms with Crippen molar-refractivity contribution in [2.45, 2.75) is 32.4 Å². The molecule has 0 aromatic carbocycles. The van der Waals surface area contributed by atoms with Gasteiger partial charge in [0.25, 0.3) is 0 Å². The highest BCUT2D eigenvalue weighted by atomic mass is 32.1. The molecule has 0 bridgehead atoms. The van der Waals surface area contributed by atoms with E-state index in [0.29, 0.717) is 13.0 Å². The van der Waals surface area contributed by atoms with Crippen LogP contribution in [0.15, 0.2) is 34.1 Å². The van der Waals surface area contributed by atoms with Gasteiger partial charge in [-0.3, -0.25) is 4.79 Å². The highest BCUT2D eigenvalue weighted by Crippen LogP contribution is 2.23. The van der Waals surface area contributed by atoms with Crippen molar-refractivity contribution in [1.29, 1.82) is 0 Å². The molecule has 1 atom stereocenters. The monoisotopic (exact) mass is 293 g/mol. The predicted molar refractivity (Wildman–Crippen MR) is 78.6 cm³/mol. The number of aryl methyl sites for hydroxylation is 1. The summed E-state index contributed by atoms with van der Waals surface area (Å²) in [7, 11) is 1.41. The van der Waals surface area contributed by atoms with E-state index in [9.17, 15) is 4.79 Å². The van der Waals surface area contributed by atoms with Crippen molar-refractivity contribution in [3.05, 3.63) is 46.0 Å². The number of carbonyl (C=O) groups is 1. The van der Waals surface area contributed by atoms with Gasteiger partial charge in [0.05, 0.1) is 26.1 Å². The van der Waals surface area contributed by atoms with Crippen LogP contribution in [0.25, 0.3) is 0 Å². The lowest BCUT2D eigenvalue weighted by atomic mass is 10.1. The number of carbonyl (C=O) groups excluding carboxylic acids is 1. The van der Waals surface area contributed by atoms with E-state index in [4.69, 9.17) is 9.15 Å². The summed E-state index contributed by atoms with van der Waals surface area (Å²) in [6, 6.07) is 7.91. The molecule has 0 amide bonds. The molecule has 0 aliphatic heterocycles. The van der Waals surface area contributed by atoms with Crippen molar-refractivity contribution < 1.29 is 13.9 Å². The van der Waals surface area contributed by atoms with Crippen LogP contribution in [0.3, 0.4) is 0 Å². The van der Waals surface area contributed by atoms with Gasteiger partial charge in [0, 0.05) is 11.3 Å². The maximum Gasteiger partial charge on any atom is 0.307 e. The number of thiophene rings is 1. The van der Waals surface area contributed by atoms with Gasteiger partial charge in [-0.25, -0.2) is 0 Å². The Kier molecular flexibility index (Phi) is 5.38. The van der Waals surface area contributed by atoms with Gasteiger partial charge in [-0.1, -0.05) is 13.0 Å². The van der Waals surface area contributed by atoms with Crippen molar-refractivity contribution in [1.82, 2.24) is 5.32 Å². The highest BCUT2D eigenvalue weighted by molar-refractivity contribution is 7.10. The van der Waals surface area contributed by atoms with E-state index >= 15 is 0 Å². The number of furan rings is 1. The zero-order valence-corrected chi connectivity index (χ0v) is 12.5. The number of rotatable bonds is 7. The van der Waals surface area contributed by atoms with Gasteiger partial charge in [0.1, 0.15) is 11.5 Å². The normalized spacial score (nSPS) is 12.3. The second-order valence-corrected chi connectivity index (χ2v) is 5.43. The molecule has 1 unspecified atom stereocenters. The van der Waals surface area contributed by atoms with Crippen LogP contribution in [-0.4, -0.2) is 13.1 Å². The van der Waals surface area contributed by atoms with Crippen LogP contribution in [0.5, 0.6) is 0 Å². The average molecular weight is 293 g/mol. The molecule has 4 nitrogen and oxygen atoms in total. The van der Waals surface area contributed by atoms with Crippen LogP contribution < -0.4 is 5.32 Å². The van der Waals surface area contributed by atoms with Crippen LogP contribution in [0.4, 0.5) is 0 Å². The summed E-state index contributed by atoms with van der Waals surface area (Å²) in [4.78, 5) is 12.6. The number of esters is 1. The zero-order chi connectivity index (χ0) is 14.4. The van der Waals surface area contributed by atoms with Gasteiger partial charge in [0.2, 0.25) is 0 Å². The highest BCUT2D eigenvalue weighted by Gasteiger charge is 2.17. The van der Waals surface area contributed by atoms with Crippen molar-refractivity contribution in [3.8, 4) is 0 Å². The maximum absolute atomic E-state index is 11.5. The SMILES string of the molecule is CCc1ccc(CNC(CC(=O)OC)c2cccs2)o1. The van der Waals surface area contributed by atoms with Gasteiger partial charge in [-0.05, 0) is 23.6 Å². The number of methoxy groups -OCH3 is 1. The second kappa shape index (κ2) is 7.26. The first-order valence-electron chi connectivity index (χ1n) is 6.64. The minimum Gasteiger partial charge on any atom is -0.469 e. The molecule has 0 aliphatic rings. The van der Waals surface area contributed by atoms with Crippen molar-refractivity contribution >= 4 is 17.3 Å². The molecule has 108 valence electrons. The summed E-state index contributed by atoms with van der Waals surface area (Å²) in [6.07, 6.45) is 1.20. The zero-order valence-electron chi connectivity index (χ0n) is 11.7. The third-order valence-corrected chi connectivity index (χ3v) is 4.06. The number of hydrogen-bond acceptors (Lipinski definition) is 5. The lowest BCUT2D eigenvalue weighted by Gasteiger charge is -2.15. The Balaban J connectivity index is 1.98.